The van der Waals surface area contributed by atoms with Gasteiger partial charge in [0.25, 0.3) is 10.0 Å². The Balaban J connectivity index is 2.98. The lowest BCUT2D eigenvalue weighted by molar-refractivity contribution is 0.0790. The number of rotatable bonds is 15. The summed E-state index contributed by atoms with van der Waals surface area (Å²) in [4.78, 5) is 4.34. The predicted molar refractivity (Wildman–Crippen MR) is 107 cm³/mol. The average molecular weight is 420 g/mol. The van der Waals surface area contributed by atoms with Crippen LogP contribution in [-0.2, 0) is 24.2 Å². The van der Waals surface area contributed by atoms with Crippen LogP contribution in [0.2, 0.25) is 0 Å². The second-order valence-electron chi connectivity index (χ2n) is 5.51. The predicted octanol–water partition coefficient (Wildman–Crippen LogP) is 2.57. The van der Waals surface area contributed by atoms with Gasteiger partial charge in [0, 0.05) is 12.9 Å². The molecule has 0 fully saturated rings. The van der Waals surface area contributed by atoms with E-state index in [1.165, 1.54) is 24.9 Å². The van der Waals surface area contributed by atoms with E-state index >= 15 is 0 Å². The lowest BCUT2D eigenvalue weighted by atomic mass is 10.3. The fraction of sp³-hybridized carbons (Fsp3) is 0.647. The molecule has 0 aromatic carbocycles. The molecule has 8 nitrogen and oxygen atoms in total. The normalized spacial score (nSPS) is 12.3. The second-order valence-corrected chi connectivity index (χ2v) is 8.49. The molecule has 0 aliphatic carbocycles. The highest BCUT2D eigenvalue weighted by Crippen LogP contribution is 2.22. The summed E-state index contributed by atoms with van der Waals surface area (Å²) in [6, 6.07) is 0. The molecule has 0 N–H and O–H groups in total. The monoisotopic (exact) mass is 419 g/mol. The molecule has 1 rings (SSSR count). The van der Waals surface area contributed by atoms with Crippen LogP contribution in [0.4, 0.5) is 0 Å². The van der Waals surface area contributed by atoms with Gasteiger partial charge in [-0.15, -0.1) is 9.19 Å². The molecule has 0 bridgehead atoms. The van der Waals surface area contributed by atoms with E-state index in [0.29, 0.717) is 42.9 Å². The van der Waals surface area contributed by atoms with Crippen molar-refractivity contribution in [1.82, 2.24) is 14.2 Å². The Morgan fingerprint density at radius 3 is 2.67 bits per heavy atom. The largest absolute Gasteiger partial charge is 0.493 e. The number of aromatic nitrogens is 3. The number of thioether (sulfide) groups is 1. The molecule has 10 heteroatoms. The van der Waals surface area contributed by atoms with Crippen molar-refractivity contribution in [3.8, 4) is 0 Å². The van der Waals surface area contributed by atoms with Gasteiger partial charge in [-0.3, -0.25) is 0 Å². The van der Waals surface area contributed by atoms with Crippen molar-refractivity contribution >= 4 is 27.5 Å². The maximum absolute atomic E-state index is 12.7. The molecule has 0 spiro atoms. The van der Waals surface area contributed by atoms with Crippen LogP contribution in [0, 0.1) is 0 Å². The maximum atomic E-state index is 12.7. The molecule has 1 aromatic rings. The van der Waals surface area contributed by atoms with Crippen LogP contribution in [0.25, 0.3) is 5.76 Å². The first-order chi connectivity index (χ1) is 13.0. The summed E-state index contributed by atoms with van der Waals surface area (Å²) in [7, 11) is -0.516. The molecule has 0 unspecified atom stereocenters. The van der Waals surface area contributed by atoms with Crippen molar-refractivity contribution < 1.29 is 22.6 Å². The Hall–Kier alpha value is -1.36. The molecule has 0 atom stereocenters. The van der Waals surface area contributed by atoms with Crippen LogP contribution in [-0.4, -0.2) is 68.1 Å². The zero-order valence-electron chi connectivity index (χ0n) is 16.2. The van der Waals surface area contributed by atoms with E-state index in [0.717, 1.165) is 16.9 Å². The van der Waals surface area contributed by atoms with Crippen molar-refractivity contribution in [2.24, 2.45) is 0 Å². The number of methoxy groups -OCH3 is 2. The van der Waals surface area contributed by atoms with Crippen molar-refractivity contribution in [1.29, 1.82) is 0 Å². The first kappa shape index (κ1) is 23.7. The van der Waals surface area contributed by atoms with Crippen LogP contribution in [0.3, 0.4) is 0 Å². The van der Waals surface area contributed by atoms with Crippen LogP contribution in [0.5, 0.6) is 0 Å². The molecular formula is C17H29N3O5S2. The van der Waals surface area contributed by atoms with Gasteiger partial charge in [0.15, 0.2) is 5.76 Å². The van der Waals surface area contributed by atoms with E-state index < -0.39 is 10.0 Å². The highest BCUT2D eigenvalue weighted by atomic mass is 32.2. The third-order valence-corrected chi connectivity index (χ3v) is 6.02. The Morgan fingerprint density at radius 2 is 2.04 bits per heavy atom. The number of hydrogen-bond acceptors (Lipinski definition) is 8. The highest BCUT2D eigenvalue weighted by molar-refractivity contribution is 7.99. The zero-order valence-corrected chi connectivity index (χ0v) is 17.9. The minimum absolute atomic E-state index is 0.0228. The molecule has 1 aromatic heterocycles. The number of ether oxygens (including phenoxy) is 3. The molecule has 0 amide bonds. The summed E-state index contributed by atoms with van der Waals surface area (Å²) in [6.07, 6.45) is 5.49. The lowest BCUT2D eigenvalue weighted by Crippen LogP contribution is -2.19. The van der Waals surface area contributed by atoms with E-state index in [9.17, 15) is 8.42 Å². The summed E-state index contributed by atoms with van der Waals surface area (Å²) in [6.45, 7) is 7.09. The minimum Gasteiger partial charge on any atom is -0.493 e. The van der Waals surface area contributed by atoms with Gasteiger partial charge < -0.3 is 14.2 Å². The summed E-state index contributed by atoms with van der Waals surface area (Å²) in [5.41, 5.74) is 0. The van der Waals surface area contributed by atoms with E-state index in [4.69, 9.17) is 14.2 Å². The first-order valence-corrected chi connectivity index (χ1v) is 11.4. The third kappa shape index (κ3) is 8.04. The van der Waals surface area contributed by atoms with Gasteiger partial charge in [0.1, 0.15) is 0 Å². The summed E-state index contributed by atoms with van der Waals surface area (Å²) in [5.74, 6) is 1.12. The molecule has 0 aliphatic rings. The second kappa shape index (κ2) is 12.9. The van der Waals surface area contributed by atoms with Crippen LogP contribution in [0.1, 0.15) is 32.0 Å². The SMILES string of the molecule is C=C/C=C(\OC)c1nc(SCCOCCOC)n(S(=O)(=O)CCCCC)n1. The van der Waals surface area contributed by atoms with E-state index in [2.05, 4.69) is 16.7 Å². The fourth-order valence-corrected chi connectivity index (χ4v) is 4.46. The maximum Gasteiger partial charge on any atom is 0.256 e. The number of nitrogens with zero attached hydrogens (tertiary/aromatic N) is 3. The van der Waals surface area contributed by atoms with Crippen LogP contribution < -0.4 is 0 Å². The molecule has 154 valence electrons. The Labute approximate surface area is 166 Å². The van der Waals surface area contributed by atoms with Crippen LogP contribution in [0.15, 0.2) is 23.9 Å². The quantitative estimate of drug-likeness (QED) is 0.185. The van der Waals surface area contributed by atoms with Crippen molar-refractivity contribution in [2.75, 3.05) is 45.5 Å². The van der Waals surface area contributed by atoms with Crippen molar-refractivity contribution in [3.05, 3.63) is 24.6 Å². The van der Waals surface area contributed by atoms with Gasteiger partial charge in [-0.1, -0.05) is 44.2 Å². The van der Waals surface area contributed by atoms with Crippen LogP contribution >= 0.6 is 11.8 Å². The topological polar surface area (TPSA) is 92.5 Å². The molecule has 27 heavy (non-hydrogen) atoms. The average Bonchev–Trinajstić information content (AvgIpc) is 3.07. The van der Waals surface area contributed by atoms with Gasteiger partial charge in [0.05, 0.1) is 32.7 Å². The Morgan fingerprint density at radius 1 is 1.26 bits per heavy atom. The number of unbranched alkanes of at least 4 members (excludes halogenated alkanes) is 2. The molecule has 0 saturated carbocycles. The number of allylic oxidation sites excluding steroid dienone is 2. The van der Waals surface area contributed by atoms with E-state index in [-0.39, 0.29) is 11.6 Å². The van der Waals surface area contributed by atoms with E-state index in [1.54, 1.807) is 13.2 Å². The molecule has 1 heterocycles. The lowest BCUT2D eigenvalue weighted by Gasteiger charge is -2.07. The smallest absolute Gasteiger partial charge is 0.256 e. The molecule has 0 saturated heterocycles. The zero-order chi connectivity index (χ0) is 20.1. The van der Waals surface area contributed by atoms with E-state index in [1.807, 2.05) is 6.92 Å². The Bertz CT molecular complexity index is 701. The van der Waals surface area contributed by atoms with Gasteiger partial charge in [0.2, 0.25) is 11.0 Å². The van der Waals surface area contributed by atoms with Crippen molar-refractivity contribution in [2.45, 2.75) is 31.3 Å². The minimum atomic E-state index is -3.60. The van der Waals surface area contributed by atoms with Crippen molar-refractivity contribution in [3.63, 3.8) is 0 Å². The fourth-order valence-electron chi connectivity index (χ4n) is 2.06. The summed E-state index contributed by atoms with van der Waals surface area (Å²) < 4.78 is 42.0. The first-order valence-electron chi connectivity index (χ1n) is 8.77. The van der Waals surface area contributed by atoms with Gasteiger partial charge >= 0.3 is 0 Å². The van der Waals surface area contributed by atoms with Gasteiger partial charge in [-0.2, -0.15) is 4.98 Å². The molecule has 0 radical (unpaired) electrons. The third-order valence-electron chi connectivity index (χ3n) is 3.42. The summed E-state index contributed by atoms with van der Waals surface area (Å²) in [5, 5.41) is 4.47. The van der Waals surface area contributed by atoms with Gasteiger partial charge in [-0.25, -0.2) is 8.42 Å². The molecule has 0 aliphatic heterocycles. The standard InChI is InChI=1S/C17H29N3O5S2/c1-5-7-8-14-27(21,22)20-17(26-13-12-25-11-10-23-3)18-16(19-20)15(24-4)9-6-2/h6,9H,2,5,7-8,10-14H2,1,3-4H3/b15-9-. The molecular weight excluding hydrogens is 390 g/mol. The Kier molecular flexibility index (Phi) is 11.3. The highest BCUT2D eigenvalue weighted by Gasteiger charge is 2.23. The summed E-state index contributed by atoms with van der Waals surface area (Å²) >= 11 is 1.27. The van der Waals surface area contributed by atoms with Gasteiger partial charge in [-0.05, 0) is 12.5 Å². The number of hydrogen-bond donors (Lipinski definition) is 0.